The molecule has 0 aliphatic carbocycles. The van der Waals surface area contributed by atoms with E-state index >= 15 is 0 Å². The molecule has 0 radical (unpaired) electrons. The van der Waals surface area contributed by atoms with Crippen LogP contribution in [-0.4, -0.2) is 48.5 Å². The van der Waals surface area contributed by atoms with Crippen molar-refractivity contribution in [2.75, 3.05) is 13.2 Å². The van der Waals surface area contributed by atoms with E-state index in [-0.39, 0.29) is 19.4 Å². The molecule has 0 rings (SSSR count). The number of hydrogen-bond donors (Lipinski definition) is 4. The summed E-state index contributed by atoms with van der Waals surface area (Å²) in [5, 5.41) is 8.15. The minimum absolute atomic E-state index is 0.0319. The molecule has 10 heteroatoms. The molecule has 0 aliphatic heterocycles. The molecule has 0 aromatic carbocycles. The number of hydroxylamine groups is 2. The largest absolute Gasteiger partial charge is 0.454 e. The van der Waals surface area contributed by atoms with E-state index in [1.165, 1.54) is 5.48 Å². The Hall–Kier alpha value is -2.04. The number of hydrogen-bond acceptors (Lipinski definition) is 8. The maximum absolute atomic E-state index is 11.2. The van der Waals surface area contributed by atoms with Crippen LogP contribution in [0.4, 0.5) is 0 Å². The van der Waals surface area contributed by atoms with Crippen LogP contribution in [-0.2, 0) is 28.8 Å². The summed E-state index contributed by atoms with van der Waals surface area (Å²) in [5.74, 6) is -2.34. The zero-order valence-corrected chi connectivity index (χ0v) is 9.96. The van der Waals surface area contributed by atoms with Crippen molar-refractivity contribution >= 4 is 24.1 Å². The quantitative estimate of drug-likeness (QED) is 0.117. The summed E-state index contributed by atoms with van der Waals surface area (Å²) in [4.78, 5) is 47.2. The van der Waals surface area contributed by atoms with Crippen LogP contribution in [0, 0.1) is 0 Å². The number of ether oxygens (including phenoxy) is 1. The molecule has 0 aromatic heterocycles. The van der Waals surface area contributed by atoms with Gasteiger partial charge in [-0.1, -0.05) is 0 Å². The van der Waals surface area contributed by atoms with E-state index in [2.05, 4.69) is 9.57 Å². The molecule has 5 N–H and O–H groups in total. The van der Waals surface area contributed by atoms with Gasteiger partial charge < -0.3 is 15.3 Å². The average molecular weight is 277 g/mol. The second-order valence-corrected chi connectivity index (χ2v) is 3.29. The predicted molar refractivity (Wildman–Crippen MR) is 58.3 cm³/mol. The van der Waals surface area contributed by atoms with Crippen molar-refractivity contribution in [2.24, 2.45) is 5.73 Å². The van der Waals surface area contributed by atoms with E-state index < -0.39 is 30.4 Å². The topological polar surface area (TPSA) is 157 Å². The summed E-state index contributed by atoms with van der Waals surface area (Å²) >= 11 is 0. The van der Waals surface area contributed by atoms with Crippen LogP contribution < -0.4 is 16.7 Å². The van der Waals surface area contributed by atoms with Gasteiger partial charge in [0.05, 0.1) is 0 Å². The highest BCUT2D eigenvalue weighted by molar-refractivity contribution is 5.82. The molecule has 0 unspecified atom stereocenters. The Morgan fingerprint density at radius 1 is 1.32 bits per heavy atom. The van der Waals surface area contributed by atoms with Gasteiger partial charge in [0.2, 0.25) is 5.91 Å². The third kappa shape index (κ3) is 8.65. The maximum atomic E-state index is 11.2. The van der Waals surface area contributed by atoms with E-state index in [0.717, 1.165) is 0 Å². The van der Waals surface area contributed by atoms with Crippen molar-refractivity contribution in [3.05, 3.63) is 0 Å². The molecule has 0 aliphatic rings. The Labute approximate surface area is 108 Å². The molecule has 0 bridgehead atoms. The van der Waals surface area contributed by atoms with Crippen molar-refractivity contribution in [1.82, 2.24) is 11.0 Å². The fourth-order valence-corrected chi connectivity index (χ4v) is 0.888. The van der Waals surface area contributed by atoms with Crippen LogP contribution in [0.5, 0.6) is 0 Å². The summed E-state index contributed by atoms with van der Waals surface area (Å²) in [6.45, 7) is -0.951. The fourth-order valence-electron chi connectivity index (χ4n) is 0.888. The third-order valence-corrected chi connectivity index (χ3v) is 1.79. The highest BCUT2D eigenvalue weighted by Crippen LogP contribution is 1.97. The molecule has 0 aromatic rings. The molecule has 1 atom stereocenters. The van der Waals surface area contributed by atoms with Crippen molar-refractivity contribution in [3.63, 3.8) is 0 Å². The summed E-state index contributed by atoms with van der Waals surface area (Å²) in [6.07, 6.45) is 0.298. The number of aldehydes is 1. The maximum Gasteiger partial charge on any atom is 0.323 e. The Morgan fingerprint density at radius 3 is 2.58 bits per heavy atom. The first-order chi connectivity index (χ1) is 9.01. The minimum Gasteiger partial charge on any atom is -0.454 e. The van der Waals surface area contributed by atoms with E-state index in [9.17, 15) is 19.2 Å². The highest BCUT2D eigenvalue weighted by Gasteiger charge is 2.17. The van der Waals surface area contributed by atoms with E-state index in [1.54, 1.807) is 0 Å². The van der Waals surface area contributed by atoms with Gasteiger partial charge in [-0.2, -0.15) is 0 Å². The Kier molecular flexibility index (Phi) is 8.87. The fraction of sp³-hybridized carbons (Fsp3) is 0.556. The normalized spacial score (nSPS) is 11.3. The van der Waals surface area contributed by atoms with Gasteiger partial charge in [0, 0.05) is 6.42 Å². The van der Waals surface area contributed by atoms with E-state index in [1.807, 2.05) is 5.48 Å². The van der Waals surface area contributed by atoms with Crippen LogP contribution in [0.25, 0.3) is 0 Å². The number of rotatable bonds is 9. The lowest BCUT2D eigenvalue weighted by molar-refractivity contribution is -0.152. The molecule has 0 heterocycles. The molecule has 0 saturated carbocycles. The first-order valence-corrected chi connectivity index (χ1v) is 5.20. The van der Waals surface area contributed by atoms with Crippen molar-refractivity contribution in [1.29, 1.82) is 0 Å². The molecule has 0 spiro atoms. The van der Waals surface area contributed by atoms with Crippen molar-refractivity contribution in [3.8, 4) is 0 Å². The van der Waals surface area contributed by atoms with Crippen LogP contribution in [0.15, 0.2) is 0 Å². The molecule has 2 amide bonds. The summed E-state index contributed by atoms with van der Waals surface area (Å²) in [7, 11) is 0. The summed E-state index contributed by atoms with van der Waals surface area (Å²) in [6, 6.07) is -1.09. The number of amides is 2. The zero-order valence-electron chi connectivity index (χ0n) is 9.96. The van der Waals surface area contributed by atoms with Gasteiger partial charge in [-0.3, -0.25) is 24.4 Å². The Balaban J connectivity index is 3.80. The molecule has 108 valence electrons. The monoisotopic (exact) mass is 277 g/mol. The summed E-state index contributed by atoms with van der Waals surface area (Å²) in [5.41, 5.74) is 8.64. The van der Waals surface area contributed by atoms with E-state index in [0.29, 0.717) is 6.29 Å². The zero-order chi connectivity index (χ0) is 14.7. The van der Waals surface area contributed by atoms with Crippen molar-refractivity contribution < 1.29 is 34.0 Å². The van der Waals surface area contributed by atoms with Gasteiger partial charge in [0.1, 0.15) is 18.9 Å². The smallest absolute Gasteiger partial charge is 0.323 e. The molecular weight excluding hydrogens is 262 g/mol. The second-order valence-electron chi connectivity index (χ2n) is 3.29. The number of nitrogens with two attached hydrogens (primary N) is 1. The Morgan fingerprint density at radius 2 is 2.00 bits per heavy atom. The lowest BCUT2D eigenvalue weighted by Gasteiger charge is -2.10. The minimum atomic E-state index is -1.09. The molecule has 19 heavy (non-hydrogen) atoms. The number of carbonyl (C=O) groups excluding carboxylic acids is 4. The molecule has 10 nitrogen and oxygen atoms in total. The molecular formula is C9H15N3O7. The van der Waals surface area contributed by atoms with Gasteiger partial charge in [0.15, 0.2) is 6.61 Å². The lowest BCUT2D eigenvalue weighted by atomic mass is 10.1. The first-order valence-electron chi connectivity index (χ1n) is 5.20. The standard InChI is InChI=1S/C9H15N3O7/c10-6(9(16)18-5-8(15)11-17)1-2-7(14)12-19-4-3-13/h3,6,17H,1-2,4-5,10H2,(H,11,15)(H,12,14)/t6-/m0/s1. The SMILES string of the molecule is N[C@@H](CCC(=O)NOCC=O)C(=O)OCC(=O)NO. The van der Waals surface area contributed by atoms with Gasteiger partial charge in [-0.25, -0.2) is 11.0 Å². The third-order valence-electron chi connectivity index (χ3n) is 1.79. The van der Waals surface area contributed by atoms with Gasteiger partial charge in [-0.15, -0.1) is 0 Å². The van der Waals surface area contributed by atoms with Crippen LogP contribution in [0.3, 0.4) is 0 Å². The van der Waals surface area contributed by atoms with Crippen LogP contribution in [0.2, 0.25) is 0 Å². The lowest BCUT2D eigenvalue weighted by Crippen LogP contribution is -2.36. The highest BCUT2D eigenvalue weighted by atomic mass is 16.7. The van der Waals surface area contributed by atoms with Crippen molar-refractivity contribution in [2.45, 2.75) is 18.9 Å². The first kappa shape index (κ1) is 17.0. The van der Waals surface area contributed by atoms with Crippen LogP contribution in [0.1, 0.15) is 12.8 Å². The number of esters is 1. The van der Waals surface area contributed by atoms with Gasteiger partial charge in [-0.05, 0) is 6.42 Å². The van der Waals surface area contributed by atoms with Gasteiger partial charge >= 0.3 is 5.97 Å². The average Bonchev–Trinajstić information content (AvgIpc) is 2.41. The van der Waals surface area contributed by atoms with E-state index in [4.69, 9.17) is 10.9 Å². The Bertz CT molecular complexity index is 334. The van der Waals surface area contributed by atoms with Crippen LogP contribution >= 0.6 is 0 Å². The second kappa shape index (κ2) is 9.94. The number of carbonyl (C=O) groups is 4. The van der Waals surface area contributed by atoms with Gasteiger partial charge in [0.25, 0.3) is 5.91 Å². The molecule has 0 fully saturated rings. The summed E-state index contributed by atoms with van der Waals surface area (Å²) < 4.78 is 4.44. The number of nitrogens with one attached hydrogen (secondary N) is 2. The molecule has 0 saturated heterocycles. The predicted octanol–water partition coefficient (Wildman–Crippen LogP) is -2.61.